The Morgan fingerprint density at radius 1 is 1.06 bits per heavy atom. The quantitative estimate of drug-likeness (QED) is 0.717. The molecule has 0 saturated carbocycles. The molecule has 0 aliphatic carbocycles. The van der Waals surface area contributed by atoms with Gasteiger partial charge in [-0.05, 0) is 45.9 Å². The van der Waals surface area contributed by atoms with Crippen LogP contribution in [0, 0.1) is 0 Å². The molecule has 1 aliphatic heterocycles. The van der Waals surface area contributed by atoms with Crippen molar-refractivity contribution in [1.29, 1.82) is 0 Å². The molecule has 0 amide bonds. The highest BCUT2D eigenvalue weighted by molar-refractivity contribution is 6.62. The van der Waals surface area contributed by atoms with Crippen molar-refractivity contribution in [3.05, 3.63) is 36.7 Å². The second-order valence-corrected chi connectivity index (χ2v) is 5.89. The van der Waals surface area contributed by atoms with Crippen molar-refractivity contribution in [1.82, 2.24) is 4.40 Å². The predicted octanol–water partition coefficient (Wildman–Crippen LogP) is 2.24. The molecule has 0 aromatic carbocycles. The van der Waals surface area contributed by atoms with Gasteiger partial charge in [-0.2, -0.15) is 0 Å². The predicted molar refractivity (Wildman–Crippen MR) is 73.1 cm³/mol. The maximum atomic E-state index is 6.04. The largest absolute Gasteiger partial charge is 0.496 e. The minimum Gasteiger partial charge on any atom is -0.399 e. The van der Waals surface area contributed by atoms with Gasteiger partial charge in [0, 0.05) is 23.4 Å². The van der Waals surface area contributed by atoms with Crippen LogP contribution in [-0.2, 0) is 9.31 Å². The Kier molecular flexibility index (Phi) is 2.38. The van der Waals surface area contributed by atoms with E-state index in [-0.39, 0.29) is 18.3 Å². The molecule has 0 radical (unpaired) electrons. The van der Waals surface area contributed by atoms with Crippen molar-refractivity contribution in [3.8, 4) is 0 Å². The van der Waals surface area contributed by atoms with Gasteiger partial charge in [-0.3, -0.25) is 0 Å². The van der Waals surface area contributed by atoms with Crippen LogP contribution in [0.15, 0.2) is 36.7 Å². The SMILES string of the molecule is CC1(C)OB(c2cc3ccccn3c2)OC1(C)C. The highest BCUT2D eigenvalue weighted by Gasteiger charge is 2.51. The smallest absolute Gasteiger partial charge is 0.399 e. The summed E-state index contributed by atoms with van der Waals surface area (Å²) in [6.45, 7) is 8.29. The Hall–Kier alpha value is -1.26. The van der Waals surface area contributed by atoms with E-state index in [1.54, 1.807) is 0 Å². The van der Waals surface area contributed by atoms with E-state index in [1.807, 2.05) is 18.3 Å². The third-order valence-corrected chi connectivity index (χ3v) is 4.05. The van der Waals surface area contributed by atoms with E-state index in [2.05, 4.69) is 50.4 Å². The van der Waals surface area contributed by atoms with Crippen molar-refractivity contribution in [2.24, 2.45) is 0 Å². The van der Waals surface area contributed by atoms with Crippen LogP contribution in [0.1, 0.15) is 27.7 Å². The molecule has 94 valence electrons. The van der Waals surface area contributed by atoms with Crippen molar-refractivity contribution in [2.75, 3.05) is 0 Å². The molecule has 1 fully saturated rings. The second kappa shape index (κ2) is 3.62. The Morgan fingerprint density at radius 2 is 1.72 bits per heavy atom. The summed E-state index contributed by atoms with van der Waals surface area (Å²) in [6.07, 6.45) is 4.10. The lowest BCUT2D eigenvalue weighted by atomic mass is 9.81. The van der Waals surface area contributed by atoms with Gasteiger partial charge in [0.25, 0.3) is 0 Å². The minimum absolute atomic E-state index is 0.283. The van der Waals surface area contributed by atoms with Crippen LogP contribution in [0.2, 0.25) is 0 Å². The summed E-state index contributed by atoms with van der Waals surface area (Å²) in [7, 11) is -0.283. The summed E-state index contributed by atoms with van der Waals surface area (Å²) in [4.78, 5) is 0. The number of hydrogen-bond acceptors (Lipinski definition) is 2. The third-order valence-electron chi connectivity index (χ3n) is 4.05. The Labute approximate surface area is 108 Å². The average molecular weight is 243 g/mol. The third kappa shape index (κ3) is 1.68. The monoisotopic (exact) mass is 243 g/mol. The number of fused-ring (bicyclic) bond motifs is 1. The van der Waals surface area contributed by atoms with Gasteiger partial charge in [-0.15, -0.1) is 0 Å². The van der Waals surface area contributed by atoms with E-state index < -0.39 is 0 Å². The Morgan fingerprint density at radius 3 is 2.33 bits per heavy atom. The van der Waals surface area contributed by atoms with Gasteiger partial charge in [-0.1, -0.05) is 6.07 Å². The fraction of sp³-hybridized carbons (Fsp3) is 0.429. The average Bonchev–Trinajstić information content (AvgIpc) is 2.78. The molecule has 0 bridgehead atoms. The van der Waals surface area contributed by atoms with Gasteiger partial charge in [0.2, 0.25) is 0 Å². The maximum Gasteiger partial charge on any atom is 0.496 e. The first-order valence-corrected chi connectivity index (χ1v) is 6.31. The molecule has 0 atom stereocenters. The first-order chi connectivity index (χ1) is 8.39. The van der Waals surface area contributed by atoms with Gasteiger partial charge in [0.15, 0.2) is 0 Å². The molecule has 0 unspecified atom stereocenters. The number of aromatic nitrogens is 1. The Bertz CT molecular complexity index is 539. The number of pyridine rings is 1. The number of hydrogen-bond donors (Lipinski definition) is 0. The van der Waals surface area contributed by atoms with Crippen LogP contribution < -0.4 is 5.46 Å². The van der Waals surface area contributed by atoms with Crippen LogP contribution in [0.25, 0.3) is 5.52 Å². The highest BCUT2D eigenvalue weighted by atomic mass is 16.7. The van der Waals surface area contributed by atoms with E-state index in [0.717, 1.165) is 11.0 Å². The first-order valence-electron chi connectivity index (χ1n) is 6.31. The molecule has 1 saturated heterocycles. The summed E-state index contributed by atoms with van der Waals surface area (Å²) in [5.74, 6) is 0. The zero-order chi connectivity index (χ0) is 13.0. The Balaban J connectivity index is 1.97. The van der Waals surface area contributed by atoms with Crippen LogP contribution in [0.3, 0.4) is 0 Å². The molecule has 0 N–H and O–H groups in total. The van der Waals surface area contributed by atoms with Crippen molar-refractivity contribution in [3.63, 3.8) is 0 Å². The van der Waals surface area contributed by atoms with Crippen molar-refractivity contribution >= 4 is 18.1 Å². The van der Waals surface area contributed by atoms with Gasteiger partial charge < -0.3 is 13.7 Å². The molecule has 4 heteroatoms. The molecule has 0 spiro atoms. The first kappa shape index (κ1) is 11.8. The van der Waals surface area contributed by atoms with Crippen LogP contribution in [0.5, 0.6) is 0 Å². The summed E-state index contributed by atoms with van der Waals surface area (Å²) in [5, 5.41) is 0. The molecular formula is C14H18BNO2. The van der Waals surface area contributed by atoms with Crippen LogP contribution >= 0.6 is 0 Å². The van der Waals surface area contributed by atoms with E-state index in [1.165, 1.54) is 0 Å². The summed E-state index contributed by atoms with van der Waals surface area (Å²) < 4.78 is 14.2. The normalized spacial score (nSPS) is 21.7. The van der Waals surface area contributed by atoms with E-state index in [0.29, 0.717) is 0 Å². The molecule has 3 heterocycles. The summed E-state index contributed by atoms with van der Waals surface area (Å²) in [5.41, 5.74) is 1.65. The lowest BCUT2D eigenvalue weighted by Gasteiger charge is -2.32. The van der Waals surface area contributed by atoms with Gasteiger partial charge in [-0.25, -0.2) is 0 Å². The lowest BCUT2D eigenvalue weighted by Crippen LogP contribution is -2.41. The highest BCUT2D eigenvalue weighted by Crippen LogP contribution is 2.36. The molecule has 2 aromatic heterocycles. The lowest BCUT2D eigenvalue weighted by molar-refractivity contribution is 0.00578. The van der Waals surface area contributed by atoms with Gasteiger partial charge >= 0.3 is 7.12 Å². The van der Waals surface area contributed by atoms with Gasteiger partial charge in [0.05, 0.1) is 11.2 Å². The summed E-state index contributed by atoms with van der Waals surface area (Å²) >= 11 is 0. The fourth-order valence-electron chi connectivity index (χ4n) is 2.19. The minimum atomic E-state index is -0.286. The zero-order valence-electron chi connectivity index (χ0n) is 11.3. The van der Waals surface area contributed by atoms with E-state index in [4.69, 9.17) is 9.31 Å². The molecule has 1 aliphatic rings. The van der Waals surface area contributed by atoms with Gasteiger partial charge in [0.1, 0.15) is 0 Å². The second-order valence-electron chi connectivity index (χ2n) is 5.89. The van der Waals surface area contributed by atoms with Crippen LogP contribution in [-0.4, -0.2) is 22.7 Å². The topological polar surface area (TPSA) is 22.9 Å². The number of rotatable bonds is 1. The van der Waals surface area contributed by atoms with Crippen molar-refractivity contribution in [2.45, 2.75) is 38.9 Å². The molecule has 2 aromatic rings. The van der Waals surface area contributed by atoms with Crippen molar-refractivity contribution < 1.29 is 9.31 Å². The zero-order valence-corrected chi connectivity index (χ0v) is 11.3. The molecule has 3 rings (SSSR count). The molecular weight excluding hydrogens is 225 g/mol. The van der Waals surface area contributed by atoms with E-state index in [9.17, 15) is 0 Å². The molecule has 3 nitrogen and oxygen atoms in total. The standard InChI is InChI=1S/C14H18BNO2/c1-13(2)14(3,4)18-15(17-13)11-9-12-7-5-6-8-16(12)10-11/h5-10H,1-4H3. The fourth-order valence-corrected chi connectivity index (χ4v) is 2.19. The summed E-state index contributed by atoms with van der Waals surface area (Å²) in [6, 6.07) is 8.24. The van der Waals surface area contributed by atoms with Crippen LogP contribution in [0.4, 0.5) is 0 Å². The number of nitrogens with zero attached hydrogens (tertiary/aromatic N) is 1. The van der Waals surface area contributed by atoms with E-state index >= 15 is 0 Å². The maximum absolute atomic E-state index is 6.04. The molecule has 18 heavy (non-hydrogen) atoms.